The second-order valence-electron chi connectivity index (χ2n) is 4.95. The minimum Gasteiger partial charge on any atom is -0.382 e. The van der Waals surface area contributed by atoms with Crippen LogP contribution in [0.1, 0.15) is 20.3 Å². The first-order valence-electron chi connectivity index (χ1n) is 7.01. The maximum Gasteiger partial charge on any atom is 0.187 e. The molecular weight excluding hydrogens is 264 g/mol. The summed E-state index contributed by atoms with van der Waals surface area (Å²) in [6.07, 6.45) is -0.641. The van der Waals surface area contributed by atoms with E-state index in [1.807, 2.05) is 6.92 Å². The van der Waals surface area contributed by atoms with Crippen LogP contribution in [0, 0.1) is 0 Å². The van der Waals surface area contributed by atoms with E-state index in [0.717, 1.165) is 6.42 Å². The lowest BCUT2D eigenvalue weighted by Gasteiger charge is -2.45. The predicted molar refractivity (Wildman–Crippen MR) is 73.8 cm³/mol. The Bertz CT molecular complexity index is 262. The van der Waals surface area contributed by atoms with E-state index in [4.69, 9.17) is 28.4 Å². The molecular formula is C14H28O6. The van der Waals surface area contributed by atoms with Gasteiger partial charge in [-0.2, -0.15) is 0 Å². The van der Waals surface area contributed by atoms with E-state index in [1.54, 1.807) is 28.4 Å². The molecule has 1 fully saturated rings. The highest BCUT2D eigenvalue weighted by Gasteiger charge is 2.47. The monoisotopic (exact) mass is 292 g/mol. The lowest BCUT2D eigenvalue weighted by Crippen LogP contribution is -2.61. The van der Waals surface area contributed by atoms with Crippen LogP contribution in [0.4, 0.5) is 0 Å². The largest absolute Gasteiger partial charge is 0.382 e. The number of methoxy groups -OCH3 is 4. The molecule has 0 saturated carbocycles. The average molecular weight is 292 g/mol. The third kappa shape index (κ3) is 4.13. The Morgan fingerprint density at radius 3 is 2.00 bits per heavy atom. The van der Waals surface area contributed by atoms with Gasteiger partial charge in [-0.05, 0) is 13.3 Å². The molecule has 6 heteroatoms. The Labute approximate surface area is 121 Å². The standard InChI is InChI=1S/C14H28O6/c1-7-9(2)19-14-13(18-6)12(17-5)11(16-4)10(20-14)8-15-3/h9-14H,7-8H2,1-6H3/t9-,10+,11+,12-,13-,14-/m0/s1. The maximum atomic E-state index is 5.96. The Balaban J connectivity index is 2.87. The number of hydrogen-bond donors (Lipinski definition) is 0. The molecule has 1 rings (SSSR count). The van der Waals surface area contributed by atoms with Gasteiger partial charge in [0.1, 0.15) is 24.4 Å². The third-order valence-electron chi connectivity index (χ3n) is 3.68. The van der Waals surface area contributed by atoms with Gasteiger partial charge in [0.15, 0.2) is 6.29 Å². The molecule has 0 aromatic carbocycles. The summed E-state index contributed by atoms with van der Waals surface area (Å²) in [6, 6.07) is 0. The highest BCUT2D eigenvalue weighted by molar-refractivity contribution is 4.92. The summed E-state index contributed by atoms with van der Waals surface area (Å²) >= 11 is 0. The minimum atomic E-state index is -0.494. The van der Waals surface area contributed by atoms with Gasteiger partial charge in [-0.15, -0.1) is 0 Å². The summed E-state index contributed by atoms with van der Waals surface area (Å²) in [7, 11) is 6.52. The SMILES string of the molecule is CC[C@H](C)O[C@H]1O[C@H](COC)[C@@H](OC)[C@H](OC)[C@@H]1OC. The fourth-order valence-corrected chi connectivity index (χ4v) is 2.41. The average Bonchev–Trinajstić information content (AvgIpc) is 2.46. The van der Waals surface area contributed by atoms with E-state index < -0.39 is 6.29 Å². The highest BCUT2D eigenvalue weighted by atomic mass is 16.7. The van der Waals surface area contributed by atoms with E-state index in [9.17, 15) is 0 Å². The first-order chi connectivity index (χ1) is 9.62. The van der Waals surface area contributed by atoms with Crippen molar-refractivity contribution in [2.45, 2.75) is 57.1 Å². The van der Waals surface area contributed by atoms with Crippen molar-refractivity contribution in [3.63, 3.8) is 0 Å². The van der Waals surface area contributed by atoms with E-state index in [0.29, 0.717) is 6.61 Å². The molecule has 0 amide bonds. The normalized spacial score (nSPS) is 36.0. The molecule has 0 spiro atoms. The number of hydrogen-bond acceptors (Lipinski definition) is 6. The molecule has 0 aromatic heterocycles. The molecule has 0 radical (unpaired) electrons. The van der Waals surface area contributed by atoms with Crippen LogP contribution in [-0.4, -0.2) is 71.9 Å². The quantitative estimate of drug-likeness (QED) is 0.670. The van der Waals surface area contributed by atoms with Crippen molar-refractivity contribution in [3.05, 3.63) is 0 Å². The van der Waals surface area contributed by atoms with Gasteiger partial charge in [0, 0.05) is 28.4 Å². The topological polar surface area (TPSA) is 55.4 Å². The summed E-state index contributed by atoms with van der Waals surface area (Å²) in [5.41, 5.74) is 0. The van der Waals surface area contributed by atoms with E-state index >= 15 is 0 Å². The summed E-state index contributed by atoms with van der Waals surface area (Å²) in [6.45, 7) is 4.48. The van der Waals surface area contributed by atoms with Gasteiger partial charge in [-0.1, -0.05) is 6.92 Å². The van der Waals surface area contributed by atoms with Crippen LogP contribution in [-0.2, 0) is 28.4 Å². The van der Waals surface area contributed by atoms with Gasteiger partial charge in [0.2, 0.25) is 0 Å². The molecule has 0 aliphatic carbocycles. The van der Waals surface area contributed by atoms with Crippen molar-refractivity contribution >= 4 is 0 Å². The van der Waals surface area contributed by atoms with Crippen LogP contribution >= 0.6 is 0 Å². The second-order valence-corrected chi connectivity index (χ2v) is 4.95. The van der Waals surface area contributed by atoms with Gasteiger partial charge in [-0.3, -0.25) is 0 Å². The Morgan fingerprint density at radius 1 is 0.950 bits per heavy atom. The Hall–Kier alpha value is -0.240. The molecule has 6 atom stereocenters. The molecule has 6 nitrogen and oxygen atoms in total. The first-order valence-corrected chi connectivity index (χ1v) is 7.01. The summed E-state index contributed by atoms with van der Waals surface area (Å²) < 4.78 is 33.6. The molecule has 20 heavy (non-hydrogen) atoms. The molecule has 0 unspecified atom stereocenters. The lowest BCUT2D eigenvalue weighted by atomic mass is 9.98. The maximum absolute atomic E-state index is 5.96. The first kappa shape index (κ1) is 17.8. The van der Waals surface area contributed by atoms with Gasteiger partial charge in [0.05, 0.1) is 12.7 Å². The second kappa shape index (κ2) is 8.92. The molecule has 1 aliphatic rings. The van der Waals surface area contributed by atoms with Crippen LogP contribution in [0.5, 0.6) is 0 Å². The zero-order valence-corrected chi connectivity index (χ0v) is 13.3. The van der Waals surface area contributed by atoms with Crippen LogP contribution < -0.4 is 0 Å². The summed E-state index contributed by atoms with van der Waals surface area (Å²) in [4.78, 5) is 0. The summed E-state index contributed by atoms with van der Waals surface area (Å²) in [5.74, 6) is 0. The molecule has 0 N–H and O–H groups in total. The van der Waals surface area contributed by atoms with Crippen molar-refractivity contribution < 1.29 is 28.4 Å². The van der Waals surface area contributed by atoms with Crippen molar-refractivity contribution in [2.75, 3.05) is 35.0 Å². The fourth-order valence-electron chi connectivity index (χ4n) is 2.41. The van der Waals surface area contributed by atoms with Gasteiger partial charge < -0.3 is 28.4 Å². The van der Waals surface area contributed by atoms with Crippen molar-refractivity contribution in [2.24, 2.45) is 0 Å². The molecule has 1 saturated heterocycles. The zero-order valence-electron chi connectivity index (χ0n) is 13.3. The minimum absolute atomic E-state index is 0.0810. The van der Waals surface area contributed by atoms with Crippen molar-refractivity contribution in [1.29, 1.82) is 0 Å². The summed E-state index contributed by atoms with van der Waals surface area (Å²) in [5, 5.41) is 0. The lowest BCUT2D eigenvalue weighted by molar-refractivity contribution is -0.321. The third-order valence-corrected chi connectivity index (χ3v) is 3.68. The number of rotatable bonds is 8. The molecule has 120 valence electrons. The smallest absolute Gasteiger partial charge is 0.187 e. The molecule has 1 heterocycles. The highest BCUT2D eigenvalue weighted by Crippen LogP contribution is 2.28. The molecule has 0 aromatic rings. The van der Waals surface area contributed by atoms with Crippen molar-refractivity contribution in [1.82, 2.24) is 0 Å². The van der Waals surface area contributed by atoms with E-state index in [2.05, 4.69) is 6.92 Å². The predicted octanol–water partition coefficient (Wildman–Crippen LogP) is 1.22. The van der Waals surface area contributed by atoms with Crippen LogP contribution in [0.2, 0.25) is 0 Å². The molecule has 1 aliphatic heterocycles. The Kier molecular flexibility index (Phi) is 7.94. The number of ether oxygens (including phenoxy) is 6. The van der Waals surface area contributed by atoms with Gasteiger partial charge >= 0.3 is 0 Å². The van der Waals surface area contributed by atoms with Crippen LogP contribution in [0.25, 0.3) is 0 Å². The van der Waals surface area contributed by atoms with Crippen molar-refractivity contribution in [3.8, 4) is 0 Å². The fraction of sp³-hybridized carbons (Fsp3) is 1.00. The Morgan fingerprint density at radius 2 is 1.55 bits per heavy atom. The molecule has 0 bridgehead atoms. The van der Waals surface area contributed by atoms with Gasteiger partial charge in [-0.25, -0.2) is 0 Å². The van der Waals surface area contributed by atoms with Crippen LogP contribution in [0.3, 0.4) is 0 Å². The van der Waals surface area contributed by atoms with E-state index in [-0.39, 0.29) is 30.5 Å². The zero-order chi connectivity index (χ0) is 15.1. The van der Waals surface area contributed by atoms with Crippen LogP contribution in [0.15, 0.2) is 0 Å². The van der Waals surface area contributed by atoms with E-state index in [1.165, 1.54) is 0 Å². The van der Waals surface area contributed by atoms with Gasteiger partial charge in [0.25, 0.3) is 0 Å².